The second-order valence-electron chi connectivity index (χ2n) is 4.17. The van der Waals surface area contributed by atoms with Gasteiger partial charge in [0.1, 0.15) is 0 Å². The highest BCUT2D eigenvalue weighted by atomic mass is 32.1. The summed E-state index contributed by atoms with van der Waals surface area (Å²) in [5.74, 6) is -0.899. The molecule has 0 unspecified atom stereocenters. The number of carboxylic acid groups (broad SMARTS) is 1. The van der Waals surface area contributed by atoms with E-state index in [1.165, 1.54) is 16.9 Å². The summed E-state index contributed by atoms with van der Waals surface area (Å²) in [6.07, 6.45) is 3.94. The molecule has 2 N–H and O–H groups in total. The first-order chi connectivity index (χ1) is 8.16. The number of carboxylic acids is 1. The van der Waals surface area contributed by atoms with Crippen LogP contribution in [0.2, 0.25) is 0 Å². The molecule has 1 amide bonds. The zero-order valence-electron chi connectivity index (χ0n) is 9.49. The van der Waals surface area contributed by atoms with Crippen molar-refractivity contribution in [3.05, 3.63) is 21.4 Å². The van der Waals surface area contributed by atoms with E-state index < -0.39 is 5.97 Å². The van der Waals surface area contributed by atoms with Gasteiger partial charge in [-0.25, -0.2) is 0 Å². The molecular weight excluding hydrogens is 238 g/mol. The normalized spacial score (nSPS) is 13.4. The van der Waals surface area contributed by atoms with Crippen LogP contribution in [-0.4, -0.2) is 23.5 Å². The Bertz CT molecular complexity index is 417. The van der Waals surface area contributed by atoms with Gasteiger partial charge in [0.05, 0.1) is 4.88 Å². The van der Waals surface area contributed by atoms with Gasteiger partial charge in [-0.3, -0.25) is 9.59 Å². The second kappa shape index (κ2) is 5.31. The van der Waals surface area contributed by atoms with Crippen molar-refractivity contribution < 1.29 is 14.7 Å². The van der Waals surface area contributed by atoms with Crippen molar-refractivity contribution >= 4 is 23.2 Å². The van der Waals surface area contributed by atoms with Gasteiger partial charge in [0, 0.05) is 17.8 Å². The Morgan fingerprint density at radius 3 is 2.94 bits per heavy atom. The Hall–Kier alpha value is -1.36. The number of carbonyl (C=O) groups is 2. The summed E-state index contributed by atoms with van der Waals surface area (Å²) in [4.78, 5) is 24.1. The van der Waals surface area contributed by atoms with Crippen LogP contribution >= 0.6 is 11.3 Å². The number of amides is 1. The van der Waals surface area contributed by atoms with Crippen molar-refractivity contribution in [3.8, 4) is 0 Å². The van der Waals surface area contributed by atoms with Crippen molar-refractivity contribution in [2.75, 3.05) is 6.54 Å². The van der Waals surface area contributed by atoms with Gasteiger partial charge in [0.15, 0.2) is 0 Å². The molecule has 1 aromatic heterocycles. The Balaban J connectivity index is 1.81. The highest BCUT2D eigenvalue weighted by Crippen LogP contribution is 2.30. The Labute approximate surface area is 104 Å². The van der Waals surface area contributed by atoms with Gasteiger partial charge in [-0.15, -0.1) is 11.3 Å². The molecule has 0 spiro atoms. The third kappa shape index (κ3) is 3.06. The third-order valence-corrected chi connectivity index (χ3v) is 4.06. The number of thiophene rings is 1. The molecule has 17 heavy (non-hydrogen) atoms. The summed E-state index contributed by atoms with van der Waals surface area (Å²) in [6, 6.07) is 1.97. The molecule has 1 aliphatic carbocycles. The number of aliphatic carboxylic acids is 1. The lowest BCUT2D eigenvalue weighted by atomic mass is 10.2. The van der Waals surface area contributed by atoms with Crippen molar-refractivity contribution in [1.29, 1.82) is 0 Å². The lowest BCUT2D eigenvalue weighted by Crippen LogP contribution is -2.24. The molecule has 0 atom stereocenters. The fourth-order valence-corrected chi connectivity index (χ4v) is 3.14. The molecule has 5 heteroatoms. The molecule has 0 saturated heterocycles. The van der Waals surface area contributed by atoms with E-state index in [0.29, 0.717) is 13.0 Å². The van der Waals surface area contributed by atoms with Crippen LogP contribution < -0.4 is 5.32 Å². The lowest BCUT2D eigenvalue weighted by molar-refractivity contribution is -0.137. The topological polar surface area (TPSA) is 66.4 Å². The minimum absolute atomic E-state index is 0.0743. The Morgan fingerprint density at radius 1 is 1.41 bits per heavy atom. The largest absolute Gasteiger partial charge is 0.481 e. The molecule has 0 fully saturated rings. The van der Waals surface area contributed by atoms with E-state index in [2.05, 4.69) is 5.32 Å². The number of aryl methyl sites for hydroxylation is 2. The van der Waals surface area contributed by atoms with Crippen molar-refractivity contribution in [2.45, 2.75) is 32.1 Å². The summed E-state index contributed by atoms with van der Waals surface area (Å²) >= 11 is 1.57. The molecule has 0 bridgehead atoms. The van der Waals surface area contributed by atoms with Gasteiger partial charge in [-0.2, -0.15) is 0 Å². The summed E-state index contributed by atoms with van der Waals surface area (Å²) in [5, 5.41) is 11.2. The van der Waals surface area contributed by atoms with Crippen molar-refractivity contribution in [3.63, 3.8) is 0 Å². The first-order valence-electron chi connectivity index (χ1n) is 5.78. The average molecular weight is 253 g/mol. The van der Waals surface area contributed by atoms with E-state index >= 15 is 0 Å². The molecule has 0 aromatic carbocycles. The van der Waals surface area contributed by atoms with E-state index in [0.717, 1.165) is 17.7 Å². The van der Waals surface area contributed by atoms with Crippen molar-refractivity contribution in [2.24, 2.45) is 0 Å². The van der Waals surface area contributed by atoms with Crippen LogP contribution in [0.1, 0.15) is 39.4 Å². The average Bonchev–Trinajstić information content (AvgIpc) is 2.83. The molecule has 0 radical (unpaired) electrons. The van der Waals surface area contributed by atoms with Gasteiger partial charge < -0.3 is 10.4 Å². The van der Waals surface area contributed by atoms with Crippen LogP contribution in [0.4, 0.5) is 0 Å². The molecular formula is C12H15NO3S. The quantitative estimate of drug-likeness (QED) is 0.787. The van der Waals surface area contributed by atoms with Gasteiger partial charge >= 0.3 is 5.97 Å². The molecule has 0 aliphatic heterocycles. The van der Waals surface area contributed by atoms with Gasteiger partial charge in [0.25, 0.3) is 5.91 Å². The van der Waals surface area contributed by atoms with Crippen LogP contribution in [-0.2, 0) is 17.6 Å². The van der Waals surface area contributed by atoms with E-state index in [9.17, 15) is 9.59 Å². The van der Waals surface area contributed by atoms with Gasteiger partial charge in [-0.1, -0.05) is 0 Å². The predicted octanol–water partition coefficient (Wildman–Crippen LogP) is 1.83. The zero-order valence-corrected chi connectivity index (χ0v) is 10.3. The highest BCUT2D eigenvalue weighted by molar-refractivity contribution is 7.14. The second-order valence-corrected chi connectivity index (χ2v) is 5.30. The maximum atomic E-state index is 11.7. The maximum Gasteiger partial charge on any atom is 0.303 e. The molecule has 92 valence electrons. The highest BCUT2D eigenvalue weighted by Gasteiger charge is 2.17. The van der Waals surface area contributed by atoms with Gasteiger partial charge in [-0.05, 0) is 37.3 Å². The van der Waals surface area contributed by atoms with E-state index in [4.69, 9.17) is 5.11 Å². The number of nitrogens with one attached hydrogen (secondary N) is 1. The lowest BCUT2D eigenvalue weighted by Gasteiger charge is -2.01. The van der Waals surface area contributed by atoms with E-state index in [1.54, 1.807) is 11.3 Å². The predicted molar refractivity (Wildman–Crippen MR) is 65.5 cm³/mol. The standard InChI is InChI=1S/C12H15NO3S/c14-11(15)5-2-6-13-12(16)10-7-8-3-1-4-9(8)17-10/h7H,1-6H2,(H,13,16)(H,14,15). The number of carbonyl (C=O) groups excluding carboxylic acids is 1. The van der Waals surface area contributed by atoms with Crippen LogP contribution in [0, 0.1) is 0 Å². The summed E-state index contributed by atoms with van der Waals surface area (Å²) in [6.45, 7) is 0.424. The van der Waals surface area contributed by atoms with E-state index in [1.807, 2.05) is 6.07 Å². The van der Waals surface area contributed by atoms with Crippen LogP contribution in [0.3, 0.4) is 0 Å². The summed E-state index contributed by atoms with van der Waals surface area (Å²) in [7, 11) is 0. The van der Waals surface area contributed by atoms with E-state index in [-0.39, 0.29) is 12.3 Å². The van der Waals surface area contributed by atoms with Gasteiger partial charge in [0.2, 0.25) is 0 Å². The van der Waals surface area contributed by atoms with Crippen LogP contribution in [0.5, 0.6) is 0 Å². The number of fused-ring (bicyclic) bond motifs is 1. The zero-order chi connectivity index (χ0) is 12.3. The van der Waals surface area contributed by atoms with Crippen molar-refractivity contribution in [1.82, 2.24) is 5.32 Å². The minimum Gasteiger partial charge on any atom is -0.481 e. The molecule has 4 nitrogen and oxygen atoms in total. The molecule has 1 aromatic rings. The third-order valence-electron chi connectivity index (χ3n) is 2.82. The number of hydrogen-bond acceptors (Lipinski definition) is 3. The molecule has 1 heterocycles. The van der Waals surface area contributed by atoms with Crippen LogP contribution in [0.15, 0.2) is 6.07 Å². The fraction of sp³-hybridized carbons (Fsp3) is 0.500. The smallest absolute Gasteiger partial charge is 0.303 e. The summed E-state index contributed by atoms with van der Waals surface area (Å²) < 4.78 is 0. The molecule has 1 aliphatic rings. The Morgan fingerprint density at radius 2 is 2.24 bits per heavy atom. The first kappa shape index (κ1) is 12.1. The number of hydrogen-bond donors (Lipinski definition) is 2. The maximum absolute atomic E-state index is 11.7. The molecule has 2 rings (SSSR count). The van der Waals surface area contributed by atoms with Crippen LogP contribution in [0.25, 0.3) is 0 Å². The fourth-order valence-electron chi connectivity index (χ4n) is 1.97. The number of rotatable bonds is 5. The molecule has 0 saturated carbocycles. The monoisotopic (exact) mass is 253 g/mol. The SMILES string of the molecule is O=C(O)CCCNC(=O)c1cc2c(s1)CCC2. The Kier molecular flexibility index (Phi) is 3.78. The minimum atomic E-state index is -0.825. The first-order valence-corrected chi connectivity index (χ1v) is 6.60. The summed E-state index contributed by atoms with van der Waals surface area (Å²) in [5.41, 5.74) is 1.31.